The molecule has 18 heavy (non-hydrogen) atoms. The minimum absolute atomic E-state index is 0.128. The van der Waals surface area contributed by atoms with E-state index in [1.54, 1.807) is 19.2 Å². The van der Waals surface area contributed by atoms with Crippen LogP contribution in [-0.4, -0.2) is 44.0 Å². The van der Waals surface area contributed by atoms with Gasteiger partial charge >= 0.3 is 0 Å². The van der Waals surface area contributed by atoms with Crippen molar-refractivity contribution >= 4 is 28.7 Å². The van der Waals surface area contributed by atoms with Gasteiger partial charge in [0.15, 0.2) is 5.78 Å². The van der Waals surface area contributed by atoms with Gasteiger partial charge in [-0.2, -0.15) is 0 Å². The van der Waals surface area contributed by atoms with Crippen LogP contribution in [0.15, 0.2) is 12.1 Å². The quantitative estimate of drug-likeness (QED) is 0.689. The summed E-state index contributed by atoms with van der Waals surface area (Å²) in [5.41, 5.74) is 0. The van der Waals surface area contributed by atoms with Crippen molar-refractivity contribution in [3.63, 3.8) is 0 Å². The number of Topliss-reactive ketones (excluding diaryl/α,β-unsaturated/α-hetero) is 1. The number of halogens is 1. The predicted octanol–water partition coefficient (Wildman–Crippen LogP) is 3.19. The number of carbonyl (C=O) groups is 1. The van der Waals surface area contributed by atoms with E-state index in [0.29, 0.717) is 23.4 Å². The van der Waals surface area contributed by atoms with E-state index in [4.69, 9.17) is 16.3 Å². The van der Waals surface area contributed by atoms with Crippen LogP contribution in [0, 0.1) is 5.92 Å². The number of ketones is 1. The number of carbonyl (C=O) groups excluding carboxylic acids is 1. The van der Waals surface area contributed by atoms with E-state index in [-0.39, 0.29) is 5.78 Å². The van der Waals surface area contributed by atoms with E-state index in [2.05, 4.69) is 18.7 Å². The lowest BCUT2D eigenvalue weighted by atomic mass is 10.2. The summed E-state index contributed by atoms with van der Waals surface area (Å²) in [6, 6.07) is 3.56. The molecule has 0 spiro atoms. The molecule has 0 atom stereocenters. The Morgan fingerprint density at radius 1 is 1.50 bits per heavy atom. The van der Waals surface area contributed by atoms with Crippen LogP contribution in [0.1, 0.15) is 23.5 Å². The Balaban J connectivity index is 2.56. The molecule has 5 heteroatoms. The van der Waals surface area contributed by atoms with Gasteiger partial charge < -0.3 is 4.74 Å². The molecule has 0 saturated heterocycles. The first-order valence-electron chi connectivity index (χ1n) is 6.02. The summed E-state index contributed by atoms with van der Waals surface area (Å²) in [6.07, 6.45) is 0. The van der Waals surface area contributed by atoms with Gasteiger partial charge in [0.05, 0.1) is 22.4 Å². The molecular formula is C13H20ClNO2S. The molecule has 0 bridgehead atoms. The zero-order chi connectivity index (χ0) is 13.5. The van der Waals surface area contributed by atoms with Gasteiger partial charge in [-0.3, -0.25) is 9.69 Å². The number of rotatable bonds is 8. The molecule has 0 aliphatic carbocycles. The monoisotopic (exact) mass is 289 g/mol. The van der Waals surface area contributed by atoms with E-state index in [0.717, 1.165) is 18.0 Å². The predicted molar refractivity (Wildman–Crippen MR) is 76.8 cm³/mol. The highest BCUT2D eigenvalue weighted by atomic mass is 35.5. The van der Waals surface area contributed by atoms with Gasteiger partial charge in [-0.05, 0) is 18.1 Å². The normalized spacial score (nSPS) is 11.4. The number of hydrogen-bond donors (Lipinski definition) is 0. The molecule has 0 aromatic carbocycles. The lowest BCUT2D eigenvalue weighted by molar-refractivity contribution is 0.0885. The van der Waals surface area contributed by atoms with Crippen LogP contribution in [0.3, 0.4) is 0 Å². The van der Waals surface area contributed by atoms with Crippen LogP contribution in [-0.2, 0) is 4.74 Å². The van der Waals surface area contributed by atoms with Crippen LogP contribution in [0.5, 0.6) is 0 Å². The fraction of sp³-hybridized carbons (Fsp3) is 0.615. The Morgan fingerprint density at radius 2 is 2.22 bits per heavy atom. The van der Waals surface area contributed by atoms with Crippen LogP contribution in [0.2, 0.25) is 4.34 Å². The van der Waals surface area contributed by atoms with Crippen molar-refractivity contribution in [2.75, 3.05) is 33.4 Å². The minimum Gasteiger partial charge on any atom is -0.383 e. The van der Waals surface area contributed by atoms with Crippen LogP contribution in [0.25, 0.3) is 0 Å². The molecule has 0 aliphatic rings. The summed E-state index contributed by atoms with van der Waals surface area (Å²) in [5.74, 6) is 0.658. The number of thiophene rings is 1. The summed E-state index contributed by atoms with van der Waals surface area (Å²) in [4.78, 5) is 14.9. The highest BCUT2D eigenvalue weighted by molar-refractivity contribution is 7.18. The highest BCUT2D eigenvalue weighted by Crippen LogP contribution is 2.22. The van der Waals surface area contributed by atoms with Gasteiger partial charge in [0, 0.05) is 20.2 Å². The van der Waals surface area contributed by atoms with Crippen molar-refractivity contribution < 1.29 is 9.53 Å². The molecule has 0 unspecified atom stereocenters. The van der Waals surface area contributed by atoms with Crippen molar-refractivity contribution in [1.29, 1.82) is 0 Å². The van der Waals surface area contributed by atoms with Gasteiger partial charge in [0.25, 0.3) is 0 Å². The zero-order valence-corrected chi connectivity index (χ0v) is 12.7. The summed E-state index contributed by atoms with van der Waals surface area (Å²) >= 11 is 7.18. The molecule has 0 fully saturated rings. The van der Waals surface area contributed by atoms with Gasteiger partial charge in [-0.15, -0.1) is 11.3 Å². The van der Waals surface area contributed by atoms with Gasteiger partial charge in [-0.1, -0.05) is 25.4 Å². The molecule has 3 nitrogen and oxygen atoms in total. The molecule has 0 radical (unpaired) electrons. The first kappa shape index (κ1) is 15.6. The SMILES string of the molecule is COCCN(CC(=O)c1ccc(Cl)s1)CC(C)C. The summed E-state index contributed by atoms with van der Waals surface area (Å²) < 4.78 is 5.73. The molecule has 0 N–H and O–H groups in total. The highest BCUT2D eigenvalue weighted by Gasteiger charge is 2.15. The average Bonchev–Trinajstić information content (AvgIpc) is 2.72. The molecule has 102 valence electrons. The second-order valence-corrected chi connectivity index (χ2v) is 6.36. The lowest BCUT2D eigenvalue weighted by Gasteiger charge is -2.22. The van der Waals surface area contributed by atoms with E-state index in [1.165, 1.54) is 11.3 Å². The second-order valence-electron chi connectivity index (χ2n) is 4.65. The Labute approximate surface area is 118 Å². The fourth-order valence-electron chi connectivity index (χ4n) is 1.72. The first-order valence-corrected chi connectivity index (χ1v) is 7.22. The maximum Gasteiger partial charge on any atom is 0.186 e. The Kier molecular flexibility index (Phi) is 6.86. The van der Waals surface area contributed by atoms with E-state index in [1.807, 2.05) is 0 Å². The third-order valence-electron chi connectivity index (χ3n) is 2.45. The smallest absolute Gasteiger partial charge is 0.186 e. The van der Waals surface area contributed by atoms with E-state index >= 15 is 0 Å². The number of ether oxygens (including phenoxy) is 1. The summed E-state index contributed by atoms with van der Waals surface area (Å²) in [7, 11) is 1.68. The maximum absolute atomic E-state index is 12.1. The lowest BCUT2D eigenvalue weighted by Crippen LogP contribution is -2.35. The van der Waals surface area contributed by atoms with E-state index in [9.17, 15) is 4.79 Å². The summed E-state index contributed by atoms with van der Waals surface area (Å²) in [5, 5.41) is 0. The van der Waals surface area contributed by atoms with Crippen molar-refractivity contribution in [1.82, 2.24) is 4.90 Å². The van der Waals surface area contributed by atoms with Crippen molar-refractivity contribution in [2.24, 2.45) is 5.92 Å². The number of hydrogen-bond acceptors (Lipinski definition) is 4. The van der Waals surface area contributed by atoms with Gasteiger partial charge in [0.2, 0.25) is 0 Å². The topological polar surface area (TPSA) is 29.5 Å². The number of nitrogens with zero attached hydrogens (tertiary/aromatic N) is 1. The van der Waals surface area contributed by atoms with Gasteiger partial charge in [-0.25, -0.2) is 0 Å². The van der Waals surface area contributed by atoms with Crippen LogP contribution in [0.4, 0.5) is 0 Å². The fourth-order valence-corrected chi connectivity index (χ4v) is 2.69. The first-order chi connectivity index (χ1) is 8.52. The third-order valence-corrected chi connectivity index (χ3v) is 3.72. The Hall–Kier alpha value is -0.420. The largest absolute Gasteiger partial charge is 0.383 e. The molecule has 1 aromatic heterocycles. The third kappa shape index (κ3) is 5.48. The second kappa shape index (κ2) is 7.89. The molecular weight excluding hydrogens is 270 g/mol. The van der Waals surface area contributed by atoms with E-state index < -0.39 is 0 Å². The van der Waals surface area contributed by atoms with Crippen LogP contribution >= 0.6 is 22.9 Å². The Bertz CT molecular complexity index is 379. The standard InChI is InChI=1S/C13H20ClNO2S/c1-10(2)8-15(6-7-17-3)9-11(16)12-4-5-13(14)18-12/h4-5,10H,6-9H2,1-3H3. The molecule has 1 heterocycles. The number of methoxy groups -OCH3 is 1. The average molecular weight is 290 g/mol. The minimum atomic E-state index is 0.128. The van der Waals surface area contributed by atoms with Crippen molar-refractivity contribution in [3.8, 4) is 0 Å². The molecule has 0 amide bonds. The van der Waals surface area contributed by atoms with Crippen LogP contribution < -0.4 is 0 Å². The molecule has 0 saturated carbocycles. The zero-order valence-electron chi connectivity index (χ0n) is 11.1. The summed E-state index contributed by atoms with van der Waals surface area (Å²) in [6.45, 7) is 7.04. The van der Waals surface area contributed by atoms with Crippen molar-refractivity contribution in [3.05, 3.63) is 21.3 Å². The Morgan fingerprint density at radius 3 is 2.72 bits per heavy atom. The van der Waals surface area contributed by atoms with Crippen molar-refractivity contribution in [2.45, 2.75) is 13.8 Å². The molecule has 1 rings (SSSR count). The molecule has 1 aromatic rings. The van der Waals surface area contributed by atoms with Gasteiger partial charge in [0.1, 0.15) is 0 Å². The molecule has 0 aliphatic heterocycles. The maximum atomic E-state index is 12.1.